The summed E-state index contributed by atoms with van der Waals surface area (Å²) in [5, 5.41) is -0.215. The van der Waals surface area contributed by atoms with Crippen molar-refractivity contribution < 1.29 is 4.39 Å². The maximum Gasteiger partial charge on any atom is 0.138 e. The fourth-order valence-electron chi connectivity index (χ4n) is 2.46. The minimum atomic E-state index is -0.218. The lowest BCUT2D eigenvalue weighted by Crippen LogP contribution is -2.23. The number of aromatic nitrogens is 2. The number of hydrogen-bond acceptors (Lipinski definition) is 2. The average Bonchev–Trinajstić information content (AvgIpc) is 2.67. The summed E-state index contributed by atoms with van der Waals surface area (Å²) in [6.07, 6.45) is 0. The van der Waals surface area contributed by atoms with Crippen LogP contribution in [-0.4, -0.2) is 35.1 Å². The molecule has 0 bridgehead atoms. The van der Waals surface area contributed by atoms with E-state index in [0.717, 1.165) is 23.4 Å². The van der Waals surface area contributed by atoms with Gasteiger partial charge in [0.2, 0.25) is 0 Å². The van der Waals surface area contributed by atoms with Crippen LogP contribution in [0.25, 0.3) is 11.0 Å². The lowest BCUT2D eigenvalue weighted by molar-refractivity contribution is 0.336. The Bertz CT molecular complexity index is 624. The SMILES string of the molecule is CC(Cl)c1nc2cc(I)c(F)cc2n1C(C)CN(C)C. The summed E-state index contributed by atoms with van der Waals surface area (Å²) in [6, 6.07) is 3.50. The van der Waals surface area contributed by atoms with E-state index in [0.29, 0.717) is 3.57 Å². The Hall–Kier alpha value is -0.400. The summed E-state index contributed by atoms with van der Waals surface area (Å²) in [5.41, 5.74) is 1.60. The highest BCUT2D eigenvalue weighted by atomic mass is 127. The van der Waals surface area contributed by atoms with Crippen LogP contribution in [-0.2, 0) is 0 Å². The smallest absolute Gasteiger partial charge is 0.138 e. The van der Waals surface area contributed by atoms with Gasteiger partial charge in [0.05, 0.1) is 20.0 Å². The van der Waals surface area contributed by atoms with Gasteiger partial charge < -0.3 is 9.47 Å². The first-order valence-corrected chi connectivity index (χ1v) is 7.98. The van der Waals surface area contributed by atoms with Gasteiger partial charge in [-0.15, -0.1) is 11.6 Å². The van der Waals surface area contributed by atoms with Gasteiger partial charge in [0.15, 0.2) is 0 Å². The standard InChI is InChI=1S/C14H18ClFIN3/c1-8(7-19(3)4)20-13-5-10(16)11(17)6-12(13)18-14(20)9(2)15/h5-6,8-9H,7H2,1-4H3. The molecule has 2 aromatic rings. The summed E-state index contributed by atoms with van der Waals surface area (Å²) < 4.78 is 16.5. The number of fused-ring (bicyclic) bond motifs is 1. The highest BCUT2D eigenvalue weighted by Crippen LogP contribution is 2.30. The number of benzene rings is 1. The van der Waals surface area contributed by atoms with Gasteiger partial charge in [0.25, 0.3) is 0 Å². The molecule has 0 N–H and O–H groups in total. The van der Waals surface area contributed by atoms with Crippen LogP contribution >= 0.6 is 34.2 Å². The molecular formula is C14H18ClFIN3. The zero-order valence-corrected chi connectivity index (χ0v) is 14.9. The fraction of sp³-hybridized carbons (Fsp3) is 0.500. The van der Waals surface area contributed by atoms with E-state index in [9.17, 15) is 4.39 Å². The van der Waals surface area contributed by atoms with E-state index in [1.807, 2.05) is 48.2 Å². The Balaban J connectivity index is 2.64. The third-order valence-electron chi connectivity index (χ3n) is 3.18. The van der Waals surface area contributed by atoms with E-state index < -0.39 is 0 Å². The average molecular weight is 410 g/mol. The Labute approximate surface area is 137 Å². The second kappa shape index (κ2) is 6.15. The van der Waals surface area contributed by atoms with E-state index in [2.05, 4.69) is 16.8 Å². The van der Waals surface area contributed by atoms with Crippen LogP contribution in [0.5, 0.6) is 0 Å². The molecule has 0 saturated carbocycles. The lowest BCUT2D eigenvalue weighted by atomic mass is 10.2. The van der Waals surface area contributed by atoms with Crippen molar-refractivity contribution in [1.82, 2.24) is 14.5 Å². The van der Waals surface area contributed by atoms with Gasteiger partial charge in [0, 0.05) is 18.7 Å². The van der Waals surface area contributed by atoms with E-state index in [1.54, 1.807) is 12.1 Å². The van der Waals surface area contributed by atoms with Crippen LogP contribution in [0.4, 0.5) is 4.39 Å². The number of likely N-dealkylation sites (N-methyl/N-ethyl adjacent to an activating group) is 1. The summed E-state index contributed by atoms with van der Waals surface area (Å²) in [7, 11) is 4.03. The van der Waals surface area contributed by atoms with Gasteiger partial charge in [-0.1, -0.05) is 0 Å². The van der Waals surface area contributed by atoms with Crippen molar-refractivity contribution in [3.8, 4) is 0 Å². The number of alkyl halides is 1. The van der Waals surface area contributed by atoms with Crippen molar-refractivity contribution >= 4 is 45.2 Å². The van der Waals surface area contributed by atoms with Gasteiger partial charge in [-0.3, -0.25) is 0 Å². The minimum Gasteiger partial charge on any atom is -0.323 e. The number of halogens is 3. The molecule has 2 atom stereocenters. The summed E-state index contributed by atoms with van der Waals surface area (Å²) in [5.74, 6) is 0.572. The Kier molecular flexibility index (Phi) is 4.92. The van der Waals surface area contributed by atoms with Crippen molar-refractivity contribution in [2.24, 2.45) is 0 Å². The maximum atomic E-state index is 13.9. The topological polar surface area (TPSA) is 21.1 Å². The van der Waals surface area contributed by atoms with Gasteiger partial charge >= 0.3 is 0 Å². The molecule has 0 spiro atoms. The molecule has 0 amide bonds. The van der Waals surface area contributed by atoms with E-state index in [1.165, 1.54) is 0 Å². The molecule has 0 saturated heterocycles. The first-order chi connectivity index (χ1) is 9.31. The molecule has 2 unspecified atom stereocenters. The third-order valence-corrected chi connectivity index (χ3v) is 4.21. The molecule has 1 heterocycles. The van der Waals surface area contributed by atoms with Crippen LogP contribution in [0, 0.1) is 9.39 Å². The minimum absolute atomic E-state index is 0.172. The lowest BCUT2D eigenvalue weighted by Gasteiger charge is -2.22. The zero-order chi connectivity index (χ0) is 15.0. The summed E-state index contributed by atoms with van der Waals surface area (Å²) in [6.45, 7) is 4.83. The largest absolute Gasteiger partial charge is 0.323 e. The predicted octanol–water partition coefficient (Wildman–Crippen LogP) is 4.20. The van der Waals surface area contributed by atoms with Crippen molar-refractivity contribution in [3.05, 3.63) is 27.3 Å². The monoisotopic (exact) mass is 409 g/mol. The van der Waals surface area contributed by atoms with Gasteiger partial charge in [-0.2, -0.15) is 0 Å². The highest BCUT2D eigenvalue weighted by Gasteiger charge is 2.20. The van der Waals surface area contributed by atoms with Crippen molar-refractivity contribution in [1.29, 1.82) is 0 Å². The molecule has 3 nitrogen and oxygen atoms in total. The van der Waals surface area contributed by atoms with Gasteiger partial charge in [0.1, 0.15) is 11.6 Å². The quantitative estimate of drug-likeness (QED) is 0.557. The molecule has 1 aromatic heterocycles. The Morgan fingerprint density at radius 2 is 2.05 bits per heavy atom. The Morgan fingerprint density at radius 1 is 1.40 bits per heavy atom. The van der Waals surface area contributed by atoms with Crippen molar-refractivity contribution in [3.63, 3.8) is 0 Å². The molecular weight excluding hydrogens is 392 g/mol. The number of imidazole rings is 1. The van der Waals surface area contributed by atoms with Gasteiger partial charge in [-0.05, 0) is 56.6 Å². The van der Waals surface area contributed by atoms with E-state index in [4.69, 9.17) is 11.6 Å². The molecule has 0 aliphatic rings. The Morgan fingerprint density at radius 3 is 2.60 bits per heavy atom. The molecule has 110 valence electrons. The van der Waals surface area contributed by atoms with Crippen LogP contribution < -0.4 is 0 Å². The van der Waals surface area contributed by atoms with Crippen LogP contribution in [0.2, 0.25) is 0 Å². The van der Waals surface area contributed by atoms with Crippen molar-refractivity contribution in [2.45, 2.75) is 25.3 Å². The maximum absolute atomic E-state index is 13.9. The molecule has 0 aliphatic heterocycles. The van der Waals surface area contributed by atoms with Crippen LogP contribution in [0.15, 0.2) is 12.1 Å². The molecule has 2 rings (SSSR count). The summed E-state index contributed by atoms with van der Waals surface area (Å²) in [4.78, 5) is 6.68. The van der Waals surface area contributed by atoms with E-state index >= 15 is 0 Å². The predicted molar refractivity (Wildman–Crippen MR) is 89.9 cm³/mol. The molecule has 20 heavy (non-hydrogen) atoms. The molecule has 0 fully saturated rings. The van der Waals surface area contributed by atoms with Crippen LogP contribution in [0.1, 0.15) is 31.1 Å². The van der Waals surface area contributed by atoms with Gasteiger partial charge in [-0.25, -0.2) is 9.37 Å². The second-order valence-electron chi connectivity index (χ2n) is 5.32. The van der Waals surface area contributed by atoms with E-state index in [-0.39, 0.29) is 17.2 Å². The third kappa shape index (κ3) is 3.09. The molecule has 0 radical (unpaired) electrons. The fourth-order valence-corrected chi connectivity index (χ4v) is 3.07. The number of hydrogen-bond donors (Lipinski definition) is 0. The molecule has 1 aromatic carbocycles. The normalized spacial score (nSPS) is 15.0. The first kappa shape index (κ1) is 16.0. The summed E-state index contributed by atoms with van der Waals surface area (Å²) >= 11 is 8.23. The molecule has 6 heteroatoms. The number of nitrogens with zero attached hydrogens (tertiary/aromatic N) is 3. The molecule has 0 aliphatic carbocycles. The zero-order valence-electron chi connectivity index (χ0n) is 12.0. The number of rotatable bonds is 4. The van der Waals surface area contributed by atoms with Crippen molar-refractivity contribution in [2.75, 3.05) is 20.6 Å². The first-order valence-electron chi connectivity index (χ1n) is 6.47. The highest BCUT2D eigenvalue weighted by molar-refractivity contribution is 14.1. The second-order valence-corrected chi connectivity index (χ2v) is 7.14. The van der Waals surface area contributed by atoms with Crippen LogP contribution in [0.3, 0.4) is 0 Å².